The third-order valence-electron chi connectivity index (χ3n) is 2.38. The van der Waals surface area contributed by atoms with E-state index < -0.39 is 15.5 Å². The van der Waals surface area contributed by atoms with Gasteiger partial charge in [-0.05, 0) is 12.1 Å². The number of ether oxygens (including phenoxy) is 2. The van der Waals surface area contributed by atoms with Crippen LogP contribution in [0.5, 0.6) is 11.5 Å². The molecule has 0 heterocycles. The van der Waals surface area contributed by atoms with Gasteiger partial charge in [0.25, 0.3) is 0 Å². The Bertz CT molecular complexity index is 556. The second-order valence-corrected chi connectivity index (χ2v) is 5.42. The van der Waals surface area contributed by atoms with E-state index in [0.29, 0.717) is 0 Å². The van der Waals surface area contributed by atoms with Crippen molar-refractivity contribution in [1.82, 2.24) is 0 Å². The molecule has 0 fully saturated rings. The zero-order valence-corrected chi connectivity index (χ0v) is 11.2. The van der Waals surface area contributed by atoms with Crippen LogP contribution in [0.25, 0.3) is 0 Å². The van der Waals surface area contributed by atoms with Crippen molar-refractivity contribution >= 4 is 15.7 Å². The van der Waals surface area contributed by atoms with Crippen molar-refractivity contribution in [1.29, 1.82) is 0 Å². The van der Waals surface area contributed by atoms with E-state index in [-0.39, 0.29) is 21.5 Å². The van der Waals surface area contributed by atoms with Crippen LogP contribution >= 0.6 is 0 Å². The smallest absolute Gasteiger partial charge is 0.497 e. The summed E-state index contributed by atoms with van der Waals surface area (Å²) in [6.45, 7) is 0. The van der Waals surface area contributed by atoms with Crippen LogP contribution in [-0.4, -0.2) is 35.2 Å². The molecule has 0 unspecified atom stereocenters. The standard InChI is InChI=1S/C10H12F3NO4S/c1-14(19(15,16)10(11,12)13)8-6-7(17-2)4-5-9(8)18-3/h4-6H,1-3H3. The molecule has 0 aliphatic heterocycles. The highest BCUT2D eigenvalue weighted by Gasteiger charge is 2.49. The summed E-state index contributed by atoms with van der Waals surface area (Å²) < 4.78 is 69.9. The van der Waals surface area contributed by atoms with Crippen molar-refractivity contribution in [2.45, 2.75) is 5.51 Å². The predicted molar refractivity (Wildman–Crippen MR) is 62.9 cm³/mol. The Hall–Kier alpha value is -1.64. The average molecular weight is 299 g/mol. The number of alkyl halides is 3. The summed E-state index contributed by atoms with van der Waals surface area (Å²) in [4.78, 5) is 0. The van der Waals surface area contributed by atoms with Gasteiger partial charge in [-0.1, -0.05) is 0 Å². The molecule has 0 saturated heterocycles. The van der Waals surface area contributed by atoms with Gasteiger partial charge in [0.05, 0.1) is 19.9 Å². The SMILES string of the molecule is COc1ccc(OC)c(N(C)S(=O)(=O)C(F)(F)F)c1. The zero-order valence-electron chi connectivity index (χ0n) is 10.4. The molecular weight excluding hydrogens is 287 g/mol. The summed E-state index contributed by atoms with van der Waals surface area (Å²) in [6.07, 6.45) is 0. The van der Waals surface area contributed by atoms with E-state index in [9.17, 15) is 21.6 Å². The molecule has 0 radical (unpaired) electrons. The van der Waals surface area contributed by atoms with Gasteiger partial charge in [0.15, 0.2) is 0 Å². The van der Waals surface area contributed by atoms with Gasteiger partial charge in [0.1, 0.15) is 11.5 Å². The topological polar surface area (TPSA) is 55.8 Å². The molecule has 0 aliphatic carbocycles. The van der Waals surface area contributed by atoms with E-state index in [0.717, 1.165) is 13.1 Å². The van der Waals surface area contributed by atoms with Gasteiger partial charge in [-0.25, -0.2) is 0 Å². The molecule has 19 heavy (non-hydrogen) atoms. The minimum atomic E-state index is -5.49. The fourth-order valence-corrected chi connectivity index (χ4v) is 2.04. The van der Waals surface area contributed by atoms with Crippen LogP contribution in [0.1, 0.15) is 0 Å². The fourth-order valence-electron chi connectivity index (χ4n) is 1.33. The summed E-state index contributed by atoms with van der Waals surface area (Å²) in [6, 6.07) is 3.90. The van der Waals surface area contributed by atoms with Crippen molar-refractivity contribution in [3.63, 3.8) is 0 Å². The van der Waals surface area contributed by atoms with E-state index in [1.807, 2.05) is 0 Å². The van der Waals surface area contributed by atoms with E-state index >= 15 is 0 Å². The molecule has 1 aromatic rings. The number of hydrogen-bond acceptors (Lipinski definition) is 4. The van der Waals surface area contributed by atoms with Crippen LogP contribution < -0.4 is 13.8 Å². The number of nitrogens with zero attached hydrogens (tertiary/aromatic N) is 1. The highest BCUT2D eigenvalue weighted by Crippen LogP contribution is 2.36. The molecule has 0 atom stereocenters. The summed E-state index contributed by atoms with van der Waals surface area (Å²) in [5.41, 5.74) is -5.66. The first-order valence-corrected chi connectivity index (χ1v) is 6.36. The molecule has 0 aromatic heterocycles. The van der Waals surface area contributed by atoms with Crippen LogP contribution in [0.4, 0.5) is 18.9 Å². The highest BCUT2D eigenvalue weighted by molar-refractivity contribution is 7.93. The molecule has 9 heteroatoms. The first-order chi connectivity index (χ1) is 8.65. The lowest BCUT2D eigenvalue weighted by molar-refractivity contribution is -0.0437. The van der Waals surface area contributed by atoms with Crippen LogP contribution in [0, 0.1) is 0 Å². The maximum Gasteiger partial charge on any atom is 0.516 e. The van der Waals surface area contributed by atoms with Gasteiger partial charge in [-0.2, -0.15) is 21.6 Å². The van der Waals surface area contributed by atoms with Crippen LogP contribution in [-0.2, 0) is 10.0 Å². The molecule has 0 aliphatic rings. The van der Waals surface area contributed by atoms with Gasteiger partial charge >= 0.3 is 15.5 Å². The lowest BCUT2D eigenvalue weighted by Gasteiger charge is -2.23. The molecule has 108 valence electrons. The van der Waals surface area contributed by atoms with Gasteiger partial charge in [0.2, 0.25) is 0 Å². The highest BCUT2D eigenvalue weighted by atomic mass is 32.2. The Kier molecular flexibility index (Phi) is 4.18. The average Bonchev–Trinajstić information content (AvgIpc) is 2.35. The maximum absolute atomic E-state index is 12.5. The monoisotopic (exact) mass is 299 g/mol. The van der Waals surface area contributed by atoms with Crippen molar-refractivity contribution in [2.75, 3.05) is 25.6 Å². The zero-order chi connectivity index (χ0) is 14.8. The predicted octanol–water partition coefficient (Wildman–Crippen LogP) is 1.99. The minimum Gasteiger partial charge on any atom is -0.497 e. The first-order valence-electron chi connectivity index (χ1n) is 4.92. The second kappa shape index (κ2) is 5.16. The number of benzene rings is 1. The van der Waals surface area contributed by atoms with E-state index in [2.05, 4.69) is 0 Å². The van der Waals surface area contributed by atoms with Crippen LogP contribution in [0.15, 0.2) is 18.2 Å². The number of halogens is 3. The molecule has 0 bridgehead atoms. The molecule has 0 amide bonds. The largest absolute Gasteiger partial charge is 0.516 e. The van der Waals surface area contributed by atoms with Crippen molar-refractivity contribution in [3.05, 3.63) is 18.2 Å². The number of sulfonamides is 1. The molecule has 5 nitrogen and oxygen atoms in total. The molecule has 0 spiro atoms. The van der Waals surface area contributed by atoms with Gasteiger partial charge in [-0.15, -0.1) is 0 Å². The maximum atomic E-state index is 12.5. The van der Waals surface area contributed by atoms with Crippen LogP contribution in [0.3, 0.4) is 0 Å². The normalized spacial score (nSPS) is 12.1. The Morgan fingerprint density at radius 1 is 1.16 bits per heavy atom. The lowest BCUT2D eigenvalue weighted by atomic mass is 10.3. The first kappa shape index (κ1) is 15.4. The van der Waals surface area contributed by atoms with Crippen molar-refractivity contribution in [3.8, 4) is 11.5 Å². The van der Waals surface area contributed by atoms with E-state index in [1.54, 1.807) is 0 Å². The van der Waals surface area contributed by atoms with Gasteiger partial charge in [-0.3, -0.25) is 4.31 Å². The number of rotatable bonds is 4. The fraction of sp³-hybridized carbons (Fsp3) is 0.400. The second-order valence-electron chi connectivity index (χ2n) is 3.46. The molecule has 1 aromatic carbocycles. The Labute approximate surface area is 108 Å². The Morgan fingerprint density at radius 3 is 2.16 bits per heavy atom. The minimum absolute atomic E-state index is 0.0175. The van der Waals surface area contributed by atoms with Gasteiger partial charge in [0, 0.05) is 13.1 Å². The summed E-state index contributed by atoms with van der Waals surface area (Å²) in [7, 11) is -2.17. The Morgan fingerprint density at radius 2 is 1.74 bits per heavy atom. The number of methoxy groups -OCH3 is 2. The lowest BCUT2D eigenvalue weighted by Crippen LogP contribution is -2.38. The third kappa shape index (κ3) is 2.86. The number of hydrogen-bond donors (Lipinski definition) is 0. The Balaban J connectivity index is 3.37. The molecular formula is C10H12F3NO4S. The summed E-state index contributed by atoms with van der Waals surface area (Å²) >= 11 is 0. The third-order valence-corrected chi connectivity index (χ3v) is 3.88. The molecule has 1 rings (SSSR count). The molecule has 0 saturated carbocycles. The summed E-state index contributed by atoms with van der Waals surface area (Å²) in [5, 5.41) is 0. The van der Waals surface area contributed by atoms with Gasteiger partial charge < -0.3 is 9.47 Å². The van der Waals surface area contributed by atoms with E-state index in [4.69, 9.17) is 9.47 Å². The quantitative estimate of drug-likeness (QED) is 0.853. The summed E-state index contributed by atoms with van der Waals surface area (Å²) in [5.74, 6) is 0.191. The van der Waals surface area contributed by atoms with Crippen molar-refractivity contribution in [2.24, 2.45) is 0 Å². The number of anilines is 1. The van der Waals surface area contributed by atoms with Crippen molar-refractivity contribution < 1.29 is 31.1 Å². The van der Waals surface area contributed by atoms with E-state index in [1.165, 1.54) is 26.4 Å². The van der Waals surface area contributed by atoms with Crippen LogP contribution in [0.2, 0.25) is 0 Å². The molecule has 0 N–H and O–H groups in total.